The van der Waals surface area contributed by atoms with Crippen LogP contribution in [0.15, 0.2) is 30.7 Å². The van der Waals surface area contributed by atoms with E-state index in [1.54, 1.807) is 12.4 Å². The molecule has 0 bridgehead atoms. The van der Waals surface area contributed by atoms with Crippen LogP contribution in [0.1, 0.15) is 22.6 Å². The number of pyridine rings is 1. The van der Waals surface area contributed by atoms with E-state index in [4.69, 9.17) is 0 Å². The molecule has 2 heterocycles. The van der Waals surface area contributed by atoms with Crippen molar-refractivity contribution in [3.05, 3.63) is 53.4 Å². The molecule has 16 heavy (non-hydrogen) atoms. The average Bonchev–Trinajstić information content (AvgIpc) is 2.28. The number of nitrogens with zero attached hydrogens (tertiary/aromatic N) is 3. The zero-order valence-electron chi connectivity index (χ0n) is 10.2. The van der Waals surface area contributed by atoms with Crippen molar-refractivity contribution in [2.75, 3.05) is 0 Å². The Balaban J connectivity index is 0.000000160. The van der Waals surface area contributed by atoms with E-state index < -0.39 is 0 Å². The van der Waals surface area contributed by atoms with Gasteiger partial charge in [-0.05, 0) is 39.3 Å². The molecule has 3 nitrogen and oxygen atoms in total. The summed E-state index contributed by atoms with van der Waals surface area (Å²) in [6.07, 6.45) is 5.39. The molecule has 2 rings (SSSR count). The fourth-order valence-corrected chi connectivity index (χ4v) is 0.999. The van der Waals surface area contributed by atoms with Crippen molar-refractivity contribution in [3.63, 3.8) is 0 Å². The lowest BCUT2D eigenvalue weighted by atomic mass is 10.3. The Labute approximate surface area is 96.6 Å². The van der Waals surface area contributed by atoms with Gasteiger partial charge in [0.1, 0.15) is 0 Å². The molecule has 0 aromatic carbocycles. The van der Waals surface area contributed by atoms with Gasteiger partial charge in [-0.15, -0.1) is 0 Å². The maximum absolute atomic E-state index is 4.08. The summed E-state index contributed by atoms with van der Waals surface area (Å²) in [7, 11) is 0. The first-order chi connectivity index (χ1) is 7.58. The maximum atomic E-state index is 4.08. The van der Waals surface area contributed by atoms with Gasteiger partial charge in [0.05, 0.1) is 11.4 Å². The number of aromatic nitrogens is 3. The quantitative estimate of drug-likeness (QED) is 0.678. The minimum atomic E-state index is 0.968. The van der Waals surface area contributed by atoms with Crippen LogP contribution in [0, 0.1) is 27.7 Å². The highest BCUT2D eigenvalue weighted by Crippen LogP contribution is 1.94. The summed E-state index contributed by atoms with van der Waals surface area (Å²) in [5.41, 5.74) is 4.23. The van der Waals surface area contributed by atoms with Crippen molar-refractivity contribution in [3.8, 4) is 0 Å². The van der Waals surface area contributed by atoms with Crippen molar-refractivity contribution < 1.29 is 0 Å². The highest BCUT2D eigenvalue weighted by molar-refractivity contribution is 5.10. The van der Waals surface area contributed by atoms with Crippen LogP contribution in [-0.4, -0.2) is 15.0 Å². The molecule has 0 spiro atoms. The van der Waals surface area contributed by atoms with Gasteiger partial charge in [0.2, 0.25) is 0 Å². The van der Waals surface area contributed by atoms with Gasteiger partial charge in [0.25, 0.3) is 0 Å². The highest BCUT2D eigenvalue weighted by atomic mass is 14.8. The Hall–Kier alpha value is -1.77. The van der Waals surface area contributed by atoms with Gasteiger partial charge >= 0.3 is 0 Å². The predicted octanol–water partition coefficient (Wildman–Crippen LogP) is 2.79. The molecular weight excluding hydrogens is 198 g/mol. The Morgan fingerprint density at radius 3 is 1.44 bits per heavy atom. The molecule has 0 fully saturated rings. The van der Waals surface area contributed by atoms with E-state index >= 15 is 0 Å². The number of hydrogen-bond donors (Lipinski definition) is 0. The first-order valence-electron chi connectivity index (χ1n) is 5.22. The Morgan fingerprint density at radius 1 is 0.625 bits per heavy atom. The van der Waals surface area contributed by atoms with Gasteiger partial charge in [0.15, 0.2) is 0 Å². The second-order valence-corrected chi connectivity index (χ2v) is 3.78. The summed E-state index contributed by atoms with van der Waals surface area (Å²) in [6, 6.07) is 4.07. The summed E-state index contributed by atoms with van der Waals surface area (Å²) >= 11 is 0. The zero-order valence-corrected chi connectivity index (χ0v) is 10.2. The fourth-order valence-electron chi connectivity index (χ4n) is 0.999. The first kappa shape index (κ1) is 12.3. The van der Waals surface area contributed by atoms with E-state index in [9.17, 15) is 0 Å². The molecule has 2 aromatic rings. The van der Waals surface area contributed by atoms with E-state index in [0.717, 1.165) is 17.1 Å². The van der Waals surface area contributed by atoms with E-state index in [-0.39, 0.29) is 0 Å². The van der Waals surface area contributed by atoms with Gasteiger partial charge in [-0.1, -0.05) is 6.07 Å². The molecule has 3 heteroatoms. The van der Waals surface area contributed by atoms with Crippen LogP contribution in [0.2, 0.25) is 0 Å². The molecule has 2 aromatic heterocycles. The predicted molar refractivity (Wildman–Crippen MR) is 65.2 cm³/mol. The summed E-state index contributed by atoms with van der Waals surface area (Å²) in [5, 5.41) is 0. The molecule has 0 radical (unpaired) electrons. The van der Waals surface area contributed by atoms with Crippen LogP contribution < -0.4 is 0 Å². The highest BCUT2D eigenvalue weighted by Gasteiger charge is 1.82. The Morgan fingerprint density at radius 2 is 1.12 bits per heavy atom. The summed E-state index contributed by atoms with van der Waals surface area (Å²) in [6.45, 7) is 7.87. The molecule has 0 unspecified atom stereocenters. The van der Waals surface area contributed by atoms with Crippen molar-refractivity contribution in [1.29, 1.82) is 0 Å². The van der Waals surface area contributed by atoms with E-state index in [1.807, 2.05) is 40.0 Å². The van der Waals surface area contributed by atoms with E-state index in [2.05, 4.69) is 21.0 Å². The lowest BCUT2D eigenvalue weighted by Crippen LogP contribution is -1.84. The molecule has 0 atom stereocenters. The van der Waals surface area contributed by atoms with Crippen LogP contribution in [0.4, 0.5) is 0 Å². The third kappa shape index (κ3) is 4.64. The second-order valence-electron chi connectivity index (χ2n) is 3.78. The lowest BCUT2D eigenvalue weighted by Gasteiger charge is -1.89. The summed E-state index contributed by atoms with van der Waals surface area (Å²) in [4.78, 5) is 12.1. The van der Waals surface area contributed by atoms with Crippen LogP contribution in [-0.2, 0) is 0 Å². The molecule has 0 amide bonds. The second kappa shape index (κ2) is 5.95. The number of aryl methyl sites for hydroxylation is 4. The smallest absolute Gasteiger partial charge is 0.0555 e. The van der Waals surface area contributed by atoms with Gasteiger partial charge in [-0.25, -0.2) is 0 Å². The largest absolute Gasteiger partial charge is 0.261 e. The van der Waals surface area contributed by atoms with E-state index in [0.29, 0.717) is 0 Å². The van der Waals surface area contributed by atoms with Crippen LogP contribution in [0.5, 0.6) is 0 Å². The summed E-state index contributed by atoms with van der Waals surface area (Å²) < 4.78 is 0. The van der Waals surface area contributed by atoms with Crippen molar-refractivity contribution in [1.82, 2.24) is 15.0 Å². The molecular formula is C13H17N3. The minimum absolute atomic E-state index is 0.968. The molecule has 84 valence electrons. The zero-order chi connectivity index (χ0) is 12.0. The maximum Gasteiger partial charge on any atom is 0.0555 e. The monoisotopic (exact) mass is 215 g/mol. The summed E-state index contributed by atoms with van der Waals surface area (Å²) in [5.74, 6) is 0. The van der Waals surface area contributed by atoms with Crippen LogP contribution in [0.25, 0.3) is 0 Å². The first-order valence-corrected chi connectivity index (χ1v) is 5.22. The molecule has 0 aliphatic rings. The number of hydrogen-bond acceptors (Lipinski definition) is 3. The average molecular weight is 215 g/mol. The van der Waals surface area contributed by atoms with Crippen molar-refractivity contribution in [2.45, 2.75) is 27.7 Å². The van der Waals surface area contributed by atoms with Crippen LogP contribution in [0.3, 0.4) is 0 Å². The SMILES string of the molecule is Cc1ccc(C)nc1.Cc1cnc(C)cn1. The van der Waals surface area contributed by atoms with Crippen molar-refractivity contribution >= 4 is 0 Å². The standard InChI is InChI=1S/C7H9N.C6H8N2/c1-6-3-4-7(2)8-5-6;1-5-3-8-6(2)4-7-5/h3-5H,1-2H3;3-4H,1-2H3. The van der Waals surface area contributed by atoms with Gasteiger partial charge in [-0.2, -0.15) is 0 Å². The molecule has 0 aliphatic carbocycles. The van der Waals surface area contributed by atoms with E-state index in [1.165, 1.54) is 5.56 Å². The van der Waals surface area contributed by atoms with Crippen molar-refractivity contribution in [2.24, 2.45) is 0 Å². The topological polar surface area (TPSA) is 38.7 Å². The Kier molecular flexibility index (Phi) is 4.58. The third-order valence-electron chi connectivity index (χ3n) is 1.97. The number of rotatable bonds is 0. The van der Waals surface area contributed by atoms with Gasteiger partial charge < -0.3 is 0 Å². The van der Waals surface area contributed by atoms with Crippen LogP contribution >= 0.6 is 0 Å². The van der Waals surface area contributed by atoms with Gasteiger partial charge in [-0.3, -0.25) is 15.0 Å². The van der Waals surface area contributed by atoms with Gasteiger partial charge in [0, 0.05) is 24.3 Å². The molecule has 0 N–H and O–H groups in total. The normalized spacial score (nSPS) is 9.25. The third-order valence-corrected chi connectivity index (χ3v) is 1.97. The molecule has 0 aliphatic heterocycles. The lowest BCUT2D eigenvalue weighted by molar-refractivity contribution is 1.06. The molecule has 0 saturated carbocycles. The molecule has 0 saturated heterocycles. The Bertz CT molecular complexity index is 332. The fraction of sp³-hybridized carbons (Fsp3) is 0.308. The minimum Gasteiger partial charge on any atom is -0.261 e.